The Kier molecular flexibility index (Phi) is 5.66. The molecule has 1 aliphatic rings. The van der Waals surface area contributed by atoms with Crippen molar-refractivity contribution in [2.75, 3.05) is 20.2 Å². The molecule has 2 rings (SSSR count). The third-order valence-electron chi connectivity index (χ3n) is 3.97. The highest BCUT2D eigenvalue weighted by Crippen LogP contribution is 2.27. The number of methoxy groups -OCH3 is 1. The number of hydrogen-bond acceptors (Lipinski definition) is 3. The van der Waals surface area contributed by atoms with Crippen LogP contribution in [0.4, 0.5) is 0 Å². The van der Waals surface area contributed by atoms with Gasteiger partial charge in [0, 0.05) is 24.5 Å². The lowest BCUT2D eigenvalue weighted by Crippen LogP contribution is -2.40. The fraction of sp³-hybridized carbons (Fsp3) is 0.500. The molecule has 0 aliphatic carbocycles. The van der Waals surface area contributed by atoms with Gasteiger partial charge >= 0.3 is 5.97 Å². The van der Waals surface area contributed by atoms with Gasteiger partial charge in [0.2, 0.25) is 0 Å². The van der Waals surface area contributed by atoms with Gasteiger partial charge in [0.05, 0.1) is 12.7 Å². The summed E-state index contributed by atoms with van der Waals surface area (Å²) in [7, 11) is 1.51. The lowest BCUT2D eigenvalue weighted by atomic mass is 9.93. The van der Waals surface area contributed by atoms with Gasteiger partial charge in [0.25, 0.3) is 5.91 Å². The number of hydrogen-bond donors (Lipinski definition) is 1. The number of benzene rings is 1. The number of ether oxygens (including phenoxy) is 1. The lowest BCUT2D eigenvalue weighted by molar-refractivity contribution is -0.137. The molecule has 1 aliphatic heterocycles. The molecular formula is C16H20ClNO4. The third-order valence-corrected chi connectivity index (χ3v) is 4.20. The highest BCUT2D eigenvalue weighted by atomic mass is 35.5. The van der Waals surface area contributed by atoms with Gasteiger partial charge in [-0.3, -0.25) is 9.59 Å². The average Bonchev–Trinajstić information content (AvgIpc) is 2.52. The van der Waals surface area contributed by atoms with E-state index in [1.165, 1.54) is 7.11 Å². The normalized spacial score (nSPS) is 18.1. The molecule has 1 N–H and O–H groups in total. The Morgan fingerprint density at radius 3 is 2.91 bits per heavy atom. The maximum absolute atomic E-state index is 12.7. The fourth-order valence-electron chi connectivity index (χ4n) is 2.82. The second kappa shape index (κ2) is 7.49. The molecule has 1 amide bonds. The van der Waals surface area contributed by atoms with Gasteiger partial charge in [0.1, 0.15) is 5.75 Å². The minimum absolute atomic E-state index is 0.0893. The molecule has 1 aromatic rings. The van der Waals surface area contributed by atoms with Crippen molar-refractivity contribution < 1.29 is 19.4 Å². The summed E-state index contributed by atoms with van der Waals surface area (Å²) < 4.78 is 5.23. The van der Waals surface area contributed by atoms with Gasteiger partial charge in [-0.15, -0.1) is 0 Å². The number of rotatable bonds is 5. The van der Waals surface area contributed by atoms with Gasteiger partial charge in [0.15, 0.2) is 0 Å². The molecule has 1 aromatic carbocycles. The number of aliphatic carboxylic acids is 1. The molecule has 5 nitrogen and oxygen atoms in total. The maximum atomic E-state index is 12.7. The van der Waals surface area contributed by atoms with Crippen molar-refractivity contribution in [1.29, 1.82) is 0 Å². The summed E-state index contributed by atoms with van der Waals surface area (Å²) in [5.41, 5.74) is 0.491. The summed E-state index contributed by atoms with van der Waals surface area (Å²) in [5, 5.41) is 9.30. The van der Waals surface area contributed by atoms with Crippen LogP contribution in [0.25, 0.3) is 0 Å². The van der Waals surface area contributed by atoms with Crippen molar-refractivity contribution in [1.82, 2.24) is 4.90 Å². The number of carboxylic acid groups (broad SMARTS) is 1. The number of halogens is 1. The van der Waals surface area contributed by atoms with Crippen molar-refractivity contribution >= 4 is 23.5 Å². The summed E-state index contributed by atoms with van der Waals surface area (Å²) in [5.74, 6) is -0.173. The van der Waals surface area contributed by atoms with Crippen LogP contribution in [0.1, 0.15) is 36.0 Å². The van der Waals surface area contributed by atoms with E-state index in [0.29, 0.717) is 35.8 Å². The minimum Gasteiger partial charge on any atom is -0.496 e. The van der Waals surface area contributed by atoms with Crippen LogP contribution in [0, 0.1) is 5.92 Å². The van der Waals surface area contributed by atoms with Crippen LogP contribution in [-0.2, 0) is 4.79 Å². The first-order valence-electron chi connectivity index (χ1n) is 7.36. The molecule has 1 saturated heterocycles. The Morgan fingerprint density at radius 2 is 2.23 bits per heavy atom. The zero-order chi connectivity index (χ0) is 16.1. The number of carboxylic acids is 1. The average molecular weight is 326 g/mol. The van der Waals surface area contributed by atoms with E-state index in [4.69, 9.17) is 21.4 Å². The van der Waals surface area contributed by atoms with Gasteiger partial charge in [-0.25, -0.2) is 0 Å². The predicted molar refractivity (Wildman–Crippen MR) is 83.5 cm³/mol. The number of amides is 1. The first-order valence-corrected chi connectivity index (χ1v) is 7.73. The summed E-state index contributed by atoms with van der Waals surface area (Å²) in [6, 6.07) is 4.97. The van der Waals surface area contributed by atoms with Crippen molar-refractivity contribution in [2.24, 2.45) is 5.92 Å². The Morgan fingerprint density at radius 1 is 1.45 bits per heavy atom. The Balaban J connectivity index is 2.07. The van der Waals surface area contributed by atoms with E-state index in [1.54, 1.807) is 23.1 Å². The molecule has 1 unspecified atom stereocenters. The van der Waals surface area contributed by atoms with Crippen molar-refractivity contribution in [3.63, 3.8) is 0 Å². The van der Waals surface area contributed by atoms with Crippen molar-refractivity contribution in [2.45, 2.75) is 25.7 Å². The highest BCUT2D eigenvalue weighted by Gasteiger charge is 2.26. The van der Waals surface area contributed by atoms with E-state index in [9.17, 15) is 9.59 Å². The molecule has 0 aromatic heterocycles. The number of likely N-dealkylation sites (tertiary alicyclic amines) is 1. The topological polar surface area (TPSA) is 66.8 Å². The van der Waals surface area contributed by atoms with E-state index < -0.39 is 5.97 Å². The van der Waals surface area contributed by atoms with E-state index >= 15 is 0 Å². The summed E-state index contributed by atoms with van der Waals surface area (Å²) in [6.07, 6.45) is 2.62. The Labute approximate surface area is 134 Å². The minimum atomic E-state index is -0.789. The SMILES string of the molecule is COc1cc(Cl)ccc1C(=O)N1CCCC(CCC(=O)O)C1. The van der Waals surface area contributed by atoms with E-state index in [0.717, 1.165) is 12.8 Å². The second-order valence-corrected chi connectivity index (χ2v) is 5.97. The van der Waals surface area contributed by atoms with Crippen LogP contribution < -0.4 is 4.74 Å². The third kappa shape index (κ3) is 4.13. The van der Waals surface area contributed by atoms with Crippen molar-refractivity contribution in [3.05, 3.63) is 28.8 Å². The van der Waals surface area contributed by atoms with E-state index in [1.807, 2.05) is 0 Å². The smallest absolute Gasteiger partial charge is 0.303 e. The van der Waals surface area contributed by atoms with Crippen molar-refractivity contribution in [3.8, 4) is 5.75 Å². The van der Waals surface area contributed by atoms with Crippen LogP contribution in [0.2, 0.25) is 5.02 Å². The number of carbonyl (C=O) groups excluding carboxylic acids is 1. The molecule has 0 spiro atoms. The monoisotopic (exact) mass is 325 g/mol. The van der Waals surface area contributed by atoms with Gasteiger partial charge in [-0.1, -0.05) is 11.6 Å². The molecule has 0 saturated carbocycles. The van der Waals surface area contributed by atoms with Crippen LogP contribution >= 0.6 is 11.6 Å². The first-order chi connectivity index (χ1) is 10.5. The maximum Gasteiger partial charge on any atom is 0.303 e. The largest absolute Gasteiger partial charge is 0.496 e. The van der Waals surface area contributed by atoms with Crippen LogP contribution in [0.15, 0.2) is 18.2 Å². The molecule has 22 heavy (non-hydrogen) atoms. The summed E-state index contributed by atoms with van der Waals surface area (Å²) >= 11 is 5.92. The molecule has 6 heteroatoms. The standard InChI is InChI=1S/C16H20ClNO4/c1-22-14-9-12(17)5-6-13(14)16(21)18-8-2-3-11(10-18)4-7-15(19)20/h5-6,9,11H,2-4,7-8,10H2,1H3,(H,19,20). The Hall–Kier alpha value is -1.75. The quantitative estimate of drug-likeness (QED) is 0.903. The predicted octanol–water partition coefficient (Wildman–Crippen LogP) is 3.07. The van der Waals surface area contributed by atoms with E-state index in [-0.39, 0.29) is 18.2 Å². The van der Waals surface area contributed by atoms with Gasteiger partial charge in [-0.2, -0.15) is 0 Å². The van der Waals surface area contributed by atoms with Gasteiger partial charge < -0.3 is 14.7 Å². The summed E-state index contributed by atoms with van der Waals surface area (Å²) in [4.78, 5) is 25.1. The molecular weight excluding hydrogens is 306 g/mol. The first kappa shape index (κ1) is 16.6. The summed E-state index contributed by atoms with van der Waals surface area (Å²) in [6.45, 7) is 1.28. The van der Waals surface area contributed by atoms with E-state index in [2.05, 4.69) is 0 Å². The van der Waals surface area contributed by atoms with Crippen LogP contribution in [0.5, 0.6) is 5.75 Å². The molecule has 1 fully saturated rings. The molecule has 0 radical (unpaired) electrons. The Bertz CT molecular complexity index is 561. The van der Waals surface area contributed by atoms with Crippen LogP contribution in [0.3, 0.4) is 0 Å². The lowest BCUT2D eigenvalue weighted by Gasteiger charge is -2.33. The fourth-order valence-corrected chi connectivity index (χ4v) is 2.99. The number of piperidine rings is 1. The highest BCUT2D eigenvalue weighted by molar-refractivity contribution is 6.30. The molecule has 0 bridgehead atoms. The molecule has 1 atom stereocenters. The zero-order valence-electron chi connectivity index (χ0n) is 12.5. The van der Waals surface area contributed by atoms with Crippen LogP contribution in [-0.4, -0.2) is 42.1 Å². The van der Waals surface area contributed by atoms with Gasteiger partial charge in [-0.05, 0) is 43.4 Å². The zero-order valence-corrected chi connectivity index (χ0v) is 13.3. The second-order valence-electron chi connectivity index (χ2n) is 5.54. The molecule has 120 valence electrons. The number of nitrogens with zero attached hydrogens (tertiary/aromatic N) is 1. The molecule has 1 heterocycles. The number of carbonyl (C=O) groups is 2.